The van der Waals surface area contributed by atoms with E-state index in [4.69, 9.17) is 21.1 Å². The smallest absolute Gasteiger partial charge is 0.258 e. The van der Waals surface area contributed by atoms with Crippen LogP contribution in [-0.2, 0) is 4.79 Å². The number of benzene rings is 3. The number of carbonyl (C=O) groups excluding carboxylic acids is 1. The predicted molar refractivity (Wildman–Crippen MR) is 105 cm³/mol. The van der Waals surface area contributed by atoms with E-state index >= 15 is 0 Å². The number of nitrogens with one attached hydrogen (secondary N) is 1. The lowest BCUT2D eigenvalue weighted by atomic mass is 10.1. The Hall–Kier alpha value is -2.83. The Balaban J connectivity index is 1.43. The fourth-order valence-corrected chi connectivity index (χ4v) is 2.81. The van der Waals surface area contributed by atoms with E-state index in [0.717, 1.165) is 16.8 Å². The second-order valence-corrected chi connectivity index (χ2v) is 6.52. The second-order valence-electron chi connectivity index (χ2n) is 6.11. The quantitative estimate of drug-likeness (QED) is 0.603. The van der Waals surface area contributed by atoms with Crippen LogP contribution in [0.5, 0.6) is 11.5 Å². The van der Waals surface area contributed by atoms with Crippen LogP contribution in [0.1, 0.15) is 0 Å². The van der Waals surface area contributed by atoms with Gasteiger partial charge in [-0.15, -0.1) is 0 Å². The van der Waals surface area contributed by atoms with Gasteiger partial charge in [0, 0.05) is 11.9 Å². The van der Waals surface area contributed by atoms with Crippen molar-refractivity contribution in [1.82, 2.24) is 5.32 Å². The van der Waals surface area contributed by atoms with Gasteiger partial charge >= 0.3 is 0 Å². The molecule has 0 saturated heterocycles. The summed E-state index contributed by atoms with van der Waals surface area (Å²) in [5.41, 5.74) is 0. The summed E-state index contributed by atoms with van der Waals surface area (Å²) in [4.78, 5) is 11.8. The Kier molecular flexibility index (Phi) is 6.68. The molecule has 1 atom stereocenters. The molecule has 0 fully saturated rings. The van der Waals surface area contributed by atoms with Gasteiger partial charge in [-0.05, 0) is 29.7 Å². The largest absolute Gasteiger partial charge is 0.490 e. The number of ether oxygens (including phenoxy) is 2. The molecule has 7 heteroatoms. The molecule has 5 nitrogen and oxygen atoms in total. The first-order valence-corrected chi connectivity index (χ1v) is 9.04. The Morgan fingerprint density at radius 3 is 2.68 bits per heavy atom. The molecule has 0 aliphatic carbocycles. The van der Waals surface area contributed by atoms with Crippen LogP contribution in [0.25, 0.3) is 10.8 Å². The fraction of sp³-hybridized carbons (Fsp3) is 0.190. The summed E-state index contributed by atoms with van der Waals surface area (Å²) >= 11 is 5.83. The number of hydrogen-bond donors (Lipinski definition) is 2. The van der Waals surface area contributed by atoms with Crippen molar-refractivity contribution in [3.05, 3.63) is 71.5 Å². The van der Waals surface area contributed by atoms with E-state index in [0.29, 0.717) is 5.75 Å². The van der Waals surface area contributed by atoms with Gasteiger partial charge in [0.25, 0.3) is 5.91 Å². The molecular formula is C21H19ClFNO4. The van der Waals surface area contributed by atoms with Crippen molar-refractivity contribution in [3.8, 4) is 11.5 Å². The second kappa shape index (κ2) is 9.39. The monoisotopic (exact) mass is 403 g/mol. The van der Waals surface area contributed by atoms with Crippen LogP contribution < -0.4 is 14.8 Å². The Morgan fingerprint density at radius 2 is 1.86 bits per heavy atom. The topological polar surface area (TPSA) is 67.8 Å². The summed E-state index contributed by atoms with van der Waals surface area (Å²) in [6, 6.07) is 17.1. The zero-order valence-corrected chi connectivity index (χ0v) is 15.7. The highest BCUT2D eigenvalue weighted by Crippen LogP contribution is 2.25. The van der Waals surface area contributed by atoms with E-state index in [-0.39, 0.29) is 30.5 Å². The fourth-order valence-electron chi connectivity index (χ4n) is 2.58. The maximum atomic E-state index is 13.0. The van der Waals surface area contributed by atoms with Gasteiger partial charge in [-0.3, -0.25) is 4.79 Å². The lowest BCUT2D eigenvalue weighted by molar-refractivity contribution is -0.123. The highest BCUT2D eigenvalue weighted by Gasteiger charge is 2.11. The number of halogens is 2. The molecule has 0 saturated carbocycles. The summed E-state index contributed by atoms with van der Waals surface area (Å²) in [5, 5.41) is 14.7. The van der Waals surface area contributed by atoms with Gasteiger partial charge in [0.1, 0.15) is 30.0 Å². The summed E-state index contributed by atoms with van der Waals surface area (Å²) in [6.07, 6.45) is -0.891. The van der Waals surface area contributed by atoms with Gasteiger partial charge in [-0.2, -0.15) is 0 Å². The van der Waals surface area contributed by atoms with E-state index < -0.39 is 17.8 Å². The molecule has 2 N–H and O–H groups in total. The SMILES string of the molecule is O=C(COc1ccc(F)cc1Cl)NCC(O)COc1cccc2ccccc12. The normalized spacial score (nSPS) is 11.8. The summed E-state index contributed by atoms with van der Waals surface area (Å²) in [5.74, 6) is -0.0588. The van der Waals surface area contributed by atoms with Crippen molar-refractivity contribution >= 4 is 28.3 Å². The molecule has 3 rings (SSSR count). The van der Waals surface area contributed by atoms with Crippen molar-refractivity contribution < 1.29 is 23.8 Å². The first-order chi connectivity index (χ1) is 13.5. The minimum absolute atomic E-state index is 0.00408. The van der Waals surface area contributed by atoms with Crippen LogP contribution >= 0.6 is 11.6 Å². The number of fused-ring (bicyclic) bond motifs is 1. The minimum Gasteiger partial charge on any atom is -0.490 e. The first-order valence-electron chi connectivity index (χ1n) is 8.66. The molecule has 0 bridgehead atoms. The number of amides is 1. The number of aliphatic hydroxyl groups is 1. The highest BCUT2D eigenvalue weighted by atomic mass is 35.5. The molecule has 1 unspecified atom stereocenters. The van der Waals surface area contributed by atoms with Crippen molar-refractivity contribution in [3.63, 3.8) is 0 Å². The molecule has 28 heavy (non-hydrogen) atoms. The van der Waals surface area contributed by atoms with Crippen LogP contribution in [0.2, 0.25) is 5.02 Å². The number of rotatable bonds is 8. The van der Waals surface area contributed by atoms with Crippen LogP contribution in [0.3, 0.4) is 0 Å². The third-order valence-corrected chi connectivity index (χ3v) is 4.26. The van der Waals surface area contributed by atoms with Gasteiger partial charge in [0.05, 0.1) is 5.02 Å². The Labute approximate surface area is 166 Å². The van der Waals surface area contributed by atoms with Gasteiger partial charge in [0.15, 0.2) is 6.61 Å². The van der Waals surface area contributed by atoms with Gasteiger partial charge in [0.2, 0.25) is 0 Å². The molecule has 0 radical (unpaired) electrons. The summed E-state index contributed by atoms with van der Waals surface area (Å²) in [7, 11) is 0. The number of carbonyl (C=O) groups is 1. The lowest BCUT2D eigenvalue weighted by Crippen LogP contribution is -2.37. The standard InChI is InChI=1S/C21H19ClFNO4/c22-18-10-15(23)8-9-20(18)28-13-21(26)24-11-16(25)12-27-19-7-3-5-14-4-1-2-6-17(14)19/h1-10,16,25H,11-13H2,(H,24,26). The Morgan fingerprint density at radius 1 is 1.07 bits per heavy atom. The minimum atomic E-state index is -0.891. The van der Waals surface area contributed by atoms with Crippen molar-refractivity contribution in [2.24, 2.45) is 0 Å². The van der Waals surface area contributed by atoms with Crippen LogP contribution in [0.15, 0.2) is 60.7 Å². The molecule has 146 valence electrons. The molecule has 0 aromatic heterocycles. The van der Waals surface area contributed by atoms with E-state index in [9.17, 15) is 14.3 Å². The molecular weight excluding hydrogens is 385 g/mol. The molecule has 0 aliphatic heterocycles. The zero-order chi connectivity index (χ0) is 19.9. The maximum Gasteiger partial charge on any atom is 0.258 e. The summed E-state index contributed by atoms with van der Waals surface area (Å²) in [6.45, 7) is -0.273. The van der Waals surface area contributed by atoms with Gasteiger partial charge in [-0.25, -0.2) is 4.39 Å². The molecule has 1 amide bonds. The lowest BCUT2D eigenvalue weighted by Gasteiger charge is -2.15. The third-order valence-electron chi connectivity index (χ3n) is 3.97. The first kappa shape index (κ1) is 19.9. The molecule has 3 aromatic rings. The van der Waals surface area contributed by atoms with Crippen molar-refractivity contribution in [2.75, 3.05) is 19.8 Å². The highest BCUT2D eigenvalue weighted by molar-refractivity contribution is 6.32. The summed E-state index contributed by atoms with van der Waals surface area (Å²) < 4.78 is 23.9. The molecule has 3 aromatic carbocycles. The molecule has 0 aliphatic rings. The molecule has 0 heterocycles. The average molecular weight is 404 g/mol. The van der Waals surface area contributed by atoms with Crippen LogP contribution in [0, 0.1) is 5.82 Å². The van der Waals surface area contributed by atoms with E-state index in [1.54, 1.807) is 0 Å². The van der Waals surface area contributed by atoms with Crippen molar-refractivity contribution in [1.29, 1.82) is 0 Å². The van der Waals surface area contributed by atoms with Crippen LogP contribution in [0.4, 0.5) is 4.39 Å². The maximum absolute atomic E-state index is 13.0. The zero-order valence-electron chi connectivity index (χ0n) is 14.9. The van der Waals surface area contributed by atoms with Gasteiger partial charge in [-0.1, -0.05) is 48.0 Å². The number of aliphatic hydroxyl groups excluding tert-OH is 1. The van der Waals surface area contributed by atoms with E-state index in [1.807, 2.05) is 42.5 Å². The molecule has 0 spiro atoms. The Bertz CT molecular complexity index is 961. The third kappa shape index (κ3) is 5.34. The van der Waals surface area contributed by atoms with E-state index in [2.05, 4.69) is 5.32 Å². The van der Waals surface area contributed by atoms with Crippen molar-refractivity contribution in [2.45, 2.75) is 6.10 Å². The van der Waals surface area contributed by atoms with Crippen LogP contribution in [-0.4, -0.2) is 36.9 Å². The number of hydrogen-bond acceptors (Lipinski definition) is 4. The average Bonchev–Trinajstić information content (AvgIpc) is 2.70. The van der Waals surface area contributed by atoms with Gasteiger partial charge < -0.3 is 19.9 Å². The van der Waals surface area contributed by atoms with E-state index in [1.165, 1.54) is 12.1 Å². The predicted octanol–water partition coefficient (Wildman–Crippen LogP) is 3.57.